The Labute approximate surface area is 152 Å². The molecule has 1 aliphatic carbocycles. The second-order valence-electron chi connectivity index (χ2n) is 6.73. The first kappa shape index (κ1) is 16.5. The largest absolute Gasteiger partial charge is 0.497 e. The van der Waals surface area contributed by atoms with Crippen molar-refractivity contribution < 1.29 is 9.53 Å². The van der Waals surface area contributed by atoms with Gasteiger partial charge in [0.1, 0.15) is 17.6 Å². The number of anilines is 1. The zero-order valence-corrected chi connectivity index (χ0v) is 14.7. The topological polar surface area (TPSA) is 81.5 Å². The molecular formula is C19H21N5O2. The van der Waals surface area contributed by atoms with Crippen LogP contribution in [0.15, 0.2) is 24.3 Å². The number of fused-ring (bicyclic) bond motifs is 1. The minimum Gasteiger partial charge on any atom is -0.497 e. The molecule has 1 N–H and O–H groups in total. The Balaban J connectivity index is 1.53. The van der Waals surface area contributed by atoms with Gasteiger partial charge in [0, 0.05) is 37.6 Å². The molecule has 1 saturated heterocycles. The van der Waals surface area contributed by atoms with Crippen LogP contribution in [-0.4, -0.2) is 55.2 Å². The Hall–Kier alpha value is -3.01. The van der Waals surface area contributed by atoms with E-state index in [-0.39, 0.29) is 6.03 Å². The van der Waals surface area contributed by atoms with Crippen LogP contribution in [0.25, 0.3) is 10.9 Å². The lowest BCUT2D eigenvalue weighted by Gasteiger charge is -2.35. The molecule has 4 rings (SSSR count). The summed E-state index contributed by atoms with van der Waals surface area (Å²) >= 11 is 0. The number of carbonyl (C=O) groups is 1. The molecule has 2 amide bonds. The number of amides is 2. The first-order valence-corrected chi connectivity index (χ1v) is 8.87. The van der Waals surface area contributed by atoms with Crippen LogP contribution in [0.2, 0.25) is 0 Å². The number of aromatic nitrogens is 1. The van der Waals surface area contributed by atoms with Gasteiger partial charge in [-0.1, -0.05) is 0 Å². The van der Waals surface area contributed by atoms with Crippen LogP contribution >= 0.6 is 0 Å². The third kappa shape index (κ3) is 3.23. The molecule has 26 heavy (non-hydrogen) atoms. The van der Waals surface area contributed by atoms with Crippen molar-refractivity contribution in [2.45, 2.75) is 18.9 Å². The highest BCUT2D eigenvalue weighted by Gasteiger charge is 2.28. The first-order chi connectivity index (χ1) is 12.7. The number of hydrogen-bond acceptors (Lipinski definition) is 5. The highest BCUT2D eigenvalue weighted by Crippen LogP contribution is 2.27. The molecule has 1 aromatic carbocycles. The number of benzene rings is 1. The fraction of sp³-hybridized carbons (Fsp3) is 0.421. The predicted molar refractivity (Wildman–Crippen MR) is 98.3 cm³/mol. The van der Waals surface area contributed by atoms with Crippen LogP contribution < -0.4 is 15.0 Å². The highest BCUT2D eigenvalue weighted by molar-refractivity contribution is 5.84. The number of rotatable bonds is 3. The average Bonchev–Trinajstić information content (AvgIpc) is 3.50. The van der Waals surface area contributed by atoms with Gasteiger partial charge in [-0.2, -0.15) is 5.26 Å². The van der Waals surface area contributed by atoms with Crippen molar-refractivity contribution in [2.24, 2.45) is 0 Å². The van der Waals surface area contributed by atoms with E-state index < -0.39 is 0 Å². The van der Waals surface area contributed by atoms with E-state index in [1.54, 1.807) is 7.11 Å². The molecule has 0 radical (unpaired) electrons. The lowest BCUT2D eigenvalue weighted by Crippen LogP contribution is -2.52. The SMILES string of the molecule is COc1ccc2nc(N3CCN(C(=O)NC4CC4)CC3)c(C#N)cc2c1. The maximum absolute atomic E-state index is 12.2. The molecule has 7 nitrogen and oxygen atoms in total. The molecule has 1 saturated carbocycles. The summed E-state index contributed by atoms with van der Waals surface area (Å²) in [5.74, 6) is 1.43. The Morgan fingerprint density at radius 1 is 1.27 bits per heavy atom. The summed E-state index contributed by atoms with van der Waals surface area (Å²) in [6, 6.07) is 10.1. The van der Waals surface area contributed by atoms with Crippen molar-refractivity contribution in [3.05, 3.63) is 29.8 Å². The maximum atomic E-state index is 12.2. The fourth-order valence-corrected chi connectivity index (χ4v) is 3.21. The summed E-state index contributed by atoms with van der Waals surface area (Å²) < 4.78 is 5.24. The quantitative estimate of drug-likeness (QED) is 0.916. The van der Waals surface area contributed by atoms with E-state index in [1.807, 2.05) is 29.2 Å². The number of ether oxygens (including phenoxy) is 1. The molecule has 1 aliphatic heterocycles. The molecule has 7 heteroatoms. The number of methoxy groups -OCH3 is 1. The van der Waals surface area contributed by atoms with Gasteiger partial charge in [-0.05, 0) is 37.1 Å². The number of nitrogens with one attached hydrogen (secondary N) is 1. The van der Waals surface area contributed by atoms with Gasteiger partial charge >= 0.3 is 6.03 Å². The summed E-state index contributed by atoms with van der Waals surface area (Å²) in [6.07, 6.45) is 2.17. The second-order valence-corrected chi connectivity index (χ2v) is 6.73. The number of hydrogen-bond donors (Lipinski definition) is 1. The van der Waals surface area contributed by atoms with Gasteiger partial charge < -0.3 is 19.9 Å². The molecule has 1 aromatic heterocycles. The van der Waals surface area contributed by atoms with E-state index in [0.29, 0.717) is 43.6 Å². The Morgan fingerprint density at radius 2 is 2.04 bits per heavy atom. The van der Waals surface area contributed by atoms with E-state index >= 15 is 0 Å². The summed E-state index contributed by atoms with van der Waals surface area (Å²) in [7, 11) is 1.62. The van der Waals surface area contributed by atoms with E-state index in [0.717, 1.165) is 29.5 Å². The van der Waals surface area contributed by atoms with Gasteiger partial charge in [0.15, 0.2) is 0 Å². The van der Waals surface area contributed by atoms with E-state index in [2.05, 4.69) is 16.3 Å². The van der Waals surface area contributed by atoms with Crippen LogP contribution in [0.5, 0.6) is 5.75 Å². The normalized spacial score (nSPS) is 17.1. The van der Waals surface area contributed by atoms with E-state index in [9.17, 15) is 10.1 Å². The van der Waals surface area contributed by atoms with Crippen LogP contribution in [0, 0.1) is 11.3 Å². The van der Waals surface area contributed by atoms with Gasteiger partial charge in [0.25, 0.3) is 0 Å². The Morgan fingerprint density at radius 3 is 2.69 bits per heavy atom. The summed E-state index contributed by atoms with van der Waals surface area (Å²) in [5, 5.41) is 13.5. The smallest absolute Gasteiger partial charge is 0.317 e. The van der Waals surface area contributed by atoms with Crippen molar-refractivity contribution in [3.8, 4) is 11.8 Å². The number of carbonyl (C=O) groups excluding carboxylic acids is 1. The maximum Gasteiger partial charge on any atom is 0.317 e. The molecule has 134 valence electrons. The number of nitriles is 1. The van der Waals surface area contributed by atoms with Gasteiger partial charge in [0.2, 0.25) is 0 Å². The second kappa shape index (κ2) is 6.71. The molecule has 0 bridgehead atoms. The number of urea groups is 1. The van der Waals surface area contributed by atoms with Crippen molar-refractivity contribution in [1.82, 2.24) is 15.2 Å². The molecule has 0 atom stereocenters. The lowest BCUT2D eigenvalue weighted by molar-refractivity contribution is 0.194. The van der Waals surface area contributed by atoms with Crippen LogP contribution in [-0.2, 0) is 0 Å². The van der Waals surface area contributed by atoms with Crippen molar-refractivity contribution in [3.63, 3.8) is 0 Å². The standard InChI is InChI=1S/C19H21N5O2/c1-26-16-4-5-17-13(11-16)10-14(12-20)18(22-17)23-6-8-24(9-7-23)19(25)21-15-2-3-15/h4-5,10-11,15H,2-3,6-9H2,1H3,(H,21,25). The summed E-state index contributed by atoms with van der Waals surface area (Å²) in [4.78, 5) is 20.8. The Kier molecular flexibility index (Phi) is 4.25. The van der Waals surface area contributed by atoms with Crippen LogP contribution in [0.3, 0.4) is 0 Å². The van der Waals surface area contributed by atoms with Crippen molar-refractivity contribution in [2.75, 3.05) is 38.2 Å². The molecule has 2 aromatic rings. The predicted octanol–water partition coefficient (Wildman–Crippen LogP) is 2.11. The molecule has 2 fully saturated rings. The molecule has 0 spiro atoms. The van der Waals surface area contributed by atoms with Gasteiger partial charge in [-0.25, -0.2) is 9.78 Å². The van der Waals surface area contributed by atoms with Crippen LogP contribution in [0.4, 0.5) is 10.6 Å². The molecule has 0 unspecified atom stereocenters. The Bertz CT molecular complexity index is 879. The fourth-order valence-electron chi connectivity index (χ4n) is 3.21. The van der Waals surface area contributed by atoms with Crippen LogP contribution in [0.1, 0.15) is 18.4 Å². The summed E-state index contributed by atoms with van der Waals surface area (Å²) in [5.41, 5.74) is 1.37. The average molecular weight is 351 g/mol. The van der Waals surface area contributed by atoms with E-state index in [4.69, 9.17) is 9.72 Å². The summed E-state index contributed by atoms with van der Waals surface area (Å²) in [6.45, 7) is 2.60. The minimum absolute atomic E-state index is 0.0197. The zero-order chi connectivity index (χ0) is 18.1. The zero-order valence-electron chi connectivity index (χ0n) is 14.7. The third-order valence-electron chi connectivity index (χ3n) is 4.89. The minimum atomic E-state index is 0.0197. The molecular weight excluding hydrogens is 330 g/mol. The monoisotopic (exact) mass is 351 g/mol. The van der Waals surface area contributed by atoms with Crippen molar-refractivity contribution in [1.29, 1.82) is 5.26 Å². The molecule has 2 heterocycles. The lowest BCUT2D eigenvalue weighted by atomic mass is 10.1. The van der Waals surface area contributed by atoms with Gasteiger partial charge in [-0.3, -0.25) is 0 Å². The van der Waals surface area contributed by atoms with E-state index in [1.165, 1.54) is 0 Å². The van der Waals surface area contributed by atoms with Gasteiger partial charge in [0.05, 0.1) is 18.2 Å². The van der Waals surface area contributed by atoms with Crippen molar-refractivity contribution >= 4 is 22.8 Å². The number of nitrogens with zero attached hydrogens (tertiary/aromatic N) is 4. The highest BCUT2D eigenvalue weighted by atomic mass is 16.5. The number of pyridine rings is 1. The van der Waals surface area contributed by atoms with Gasteiger partial charge in [-0.15, -0.1) is 0 Å². The molecule has 2 aliphatic rings. The third-order valence-corrected chi connectivity index (χ3v) is 4.89. The number of piperazine rings is 1. The first-order valence-electron chi connectivity index (χ1n) is 8.87.